The molecule has 3 heterocycles. The predicted molar refractivity (Wildman–Crippen MR) is 110 cm³/mol. The third kappa shape index (κ3) is 2.87. The maximum atomic E-state index is 6.52. The van der Waals surface area contributed by atoms with Gasteiger partial charge in [0.25, 0.3) is 0 Å². The molecule has 0 saturated heterocycles. The van der Waals surface area contributed by atoms with Gasteiger partial charge in [-0.25, -0.2) is 4.98 Å². The minimum absolute atomic E-state index is 0.707. The van der Waals surface area contributed by atoms with Crippen molar-refractivity contribution >= 4 is 39.0 Å². The molecule has 1 aromatic carbocycles. The van der Waals surface area contributed by atoms with Gasteiger partial charge in [-0.3, -0.25) is 4.57 Å². The molecule has 0 spiro atoms. The van der Waals surface area contributed by atoms with Gasteiger partial charge in [-0.2, -0.15) is 0 Å². The van der Waals surface area contributed by atoms with Crippen LogP contribution in [-0.2, 0) is 6.54 Å². The molecule has 0 radical (unpaired) electrons. The Morgan fingerprint density at radius 3 is 2.65 bits per heavy atom. The quantitative estimate of drug-likeness (QED) is 0.526. The lowest BCUT2D eigenvalue weighted by Crippen LogP contribution is -2.04. The standard InChI is InChI=1S/C19H19N5S2/c1-11-9-12(2)21-18-14(11)15(20)16(26-18)17-22-23-19(25-3)24(17)10-13-7-5-4-6-8-13/h4-9H,10,20H2,1-3H3. The summed E-state index contributed by atoms with van der Waals surface area (Å²) < 4.78 is 2.13. The average molecular weight is 382 g/mol. The van der Waals surface area contributed by atoms with Gasteiger partial charge in [0.2, 0.25) is 0 Å². The molecule has 0 amide bonds. The molecule has 0 bridgehead atoms. The van der Waals surface area contributed by atoms with E-state index in [2.05, 4.69) is 44.9 Å². The number of nitrogens with two attached hydrogens (primary N) is 1. The Kier molecular flexibility index (Phi) is 4.42. The summed E-state index contributed by atoms with van der Waals surface area (Å²) in [5.74, 6) is 0.802. The van der Waals surface area contributed by atoms with Crippen LogP contribution in [0.2, 0.25) is 0 Å². The summed E-state index contributed by atoms with van der Waals surface area (Å²) in [6.45, 7) is 4.79. The van der Waals surface area contributed by atoms with Crippen LogP contribution in [0.5, 0.6) is 0 Å². The van der Waals surface area contributed by atoms with Gasteiger partial charge >= 0.3 is 0 Å². The number of thiophene rings is 1. The summed E-state index contributed by atoms with van der Waals surface area (Å²) in [7, 11) is 0. The van der Waals surface area contributed by atoms with E-state index in [0.29, 0.717) is 6.54 Å². The number of benzene rings is 1. The first-order valence-corrected chi connectivity index (χ1v) is 10.3. The fourth-order valence-corrected chi connectivity index (χ4v) is 4.86. The largest absolute Gasteiger partial charge is 0.397 e. The number of nitrogen functional groups attached to an aromatic ring is 1. The van der Waals surface area contributed by atoms with Crippen molar-refractivity contribution < 1.29 is 0 Å². The number of thioether (sulfide) groups is 1. The zero-order chi connectivity index (χ0) is 18.3. The van der Waals surface area contributed by atoms with E-state index in [4.69, 9.17) is 5.73 Å². The molecule has 4 rings (SSSR count). The second-order valence-electron chi connectivity index (χ2n) is 6.19. The SMILES string of the molecule is CSc1nnc(-c2sc3nc(C)cc(C)c3c2N)n1Cc1ccccc1. The van der Waals surface area contributed by atoms with Crippen molar-refractivity contribution in [3.63, 3.8) is 0 Å². The van der Waals surface area contributed by atoms with Crippen LogP contribution in [0.4, 0.5) is 5.69 Å². The molecular formula is C19H19N5S2. The minimum Gasteiger partial charge on any atom is -0.397 e. The van der Waals surface area contributed by atoms with Crippen LogP contribution < -0.4 is 5.73 Å². The average Bonchev–Trinajstić information content (AvgIpc) is 3.16. The number of aryl methyl sites for hydroxylation is 2. The van der Waals surface area contributed by atoms with Crippen LogP contribution in [0.25, 0.3) is 20.9 Å². The third-order valence-corrected chi connectivity index (χ3v) is 6.07. The monoisotopic (exact) mass is 381 g/mol. The molecule has 0 saturated carbocycles. The molecule has 4 aromatic rings. The molecule has 0 aliphatic carbocycles. The van der Waals surface area contributed by atoms with E-state index in [9.17, 15) is 0 Å². The second kappa shape index (κ2) is 6.74. The summed E-state index contributed by atoms with van der Waals surface area (Å²) in [5.41, 5.74) is 10.6. The van der Waals surface area contributed by atoms with Crippen LogP contribution in [0, 0.1) is 13.8 Å². The molecule has 0 fully saturated rings. The number of fused-ring (bicyclic) bond motifs is 1. The maximum absolute atomic E-state index is 6.52. The van der Waals surface area contributed by atoms with E-state index in [0.717, 1.165) is 43.0 Å². The maximum Gasteiger partial charge on any atom is 0.191 e. The molecular weight excluding hydrogens is 362 g/mol. The van der Waals surface area contributed by atoms with E-state index >= 15 is 0 Å². The molecule has 0 atom stereocenters. The number of anilines is 1. The Morgan fingerprint density at radius 1 is 1.15 bits per heavy atom. The van der Waals surface area contributed by atoms with Crippen LogP contribution >= 0.6 is 23.1 Å². The molecule has 0 aliphatic heterocycles. The highest BCUT2D eigenvalue weighted by atomic mass is 32.2. The van der Waals surface area contributed by atoms with Crippen molar-refractivity contribution in [3.05, 3.63) is 53.2 Å². The summed E-state index contributed by atoms with van der Waals surface area (Å²) in [6, 6.07) is 12.4. The van der Waals surface area contributed by atoms with Gasteiger partial charge in [0.15, 0.2) is 11.0 Å². The van der Waals surface area contributed by atoms with Crippen molar-refractivity contribution in [2.75, 3.05) is 12.0 Å². The normalized spacial score (nSPS) is 11.3. The van der Waals surface area contributed by atoms with Gasteiger partial charge in [-0.05, 0) is 37.3 Å². The van der Waals surface area contributed by atoms with Crippen LogP contribution in [0.3, 0.4) is 0 Å². The van der Waals surface area contributed by atoms with Gasteiger partial charge in [0, 0.05) is 11.1 Å². The fraction of sp³-hybridized carbons (Fsp3) is 0.211. The number of pyridine rings is 1. The zero-order valence-electron chi connectivity index (χ0n) is 14.9. The highest BCUT2D eigenvalue weighted by Crippen LogP contribution is 2.41. The topological polar surface area (TPSA) is 69.6 Å². The summed E-state index contributed by atoms with van der Waals surface area (Å²) in [6.07, 6.45) is 2.01. The van der Waals surface area contributed by atoms with Gasteiger partial charge in [0.05, 0.1) is 17.1 Å². The first-order valence-electron chi connectivity index (χ1n) is 8.26. The van der Waals surface area contributed by atoms with Gasteiger partial charge in [0.1, 0.15) is 4.83 Å². The molecule has 0 unspecified atom stereocenters. The smallest absolute Gasteiger partial charge is 0.191 e. The lowest BCUT2D eigenvalue weighted by atomic mass is 10.1. The Bertz CT molecular complexity index is 1080. The first-order chi connectivity index (χ1) is 12.6. The van der Waals surface area contributed by atoms with Crippen molar-refractivity contribution in [2.24, 2.45) is 0 Å². The van der Waals surface area contributed by atoms with E-state index in [1.807, 2.05) is 31.4 Å². The second-order valence-corrected chi connectivity index (χ2v) is 7.96. The van der Waals surface area contributed by atoms with Gasteiger partial charge < -0.3 is 5.73 Å². The Balaban J connectivity index is 1.89. The third-order valence-electron chi connectivity index (χ3n) is 4.31. The van der Waals surface area contributed by atoms with Gasteiger partial charge in [-0.1, -0.05) is 42.1 Å². The first kappa shape index (κ1) is 17.1. The minimum atomic E-state index is 0.707. The number of rotatable bonds is 4. The van der Waals surface area contributed by atoms with E-state index in [1.165, 1.54) is 5.56 Å². The molecule has 3 aromatic heterocycles. The summed E-state index contributed by atoms with van der Waals surface area (Å²) in [4.78, 5) is 6.55. The Morgan fingerprint density at radius 2 is 1.92 bits per heavy atom. The van der Waals surface area contributed by atoms with E-state index < -0.39 is 0 Å². The molecule has 26 heavy (non-hydrogen) atoms. The van der Waals surface area contributed by atoms with Crippen LogP contribution in [0.15, 0.2) is 41.6 Å². The molecule has 5 nitrogen and oxygen atoms in total. The van der Waals surface area contributed by atoms with Crippen LogP contribution in [-0.4, -0.2) is 26.0 Å². The molecule has 2 N–H and O–H groups in total. The lowest BCUT2D eigenvalue weighted by Gasteiger charge is -2.09. The van der Waals surface area contributed by atoms with Gasteiger partial charge in [-0.15, -0.1) is 21.5 Å². The predicted octanol–water partition coefficient (Wildman–Crippen LogP) is 4.52. The number of hydrogen-bond donors (Lipinski definition) is 1. The molecule has 132 valence electrons. The summed E-state index contributed by atoms with van der Waals surface area (Å²) >= 11 is 3.17. The van der Waals surface area contributed by atoms with Crippen LogP contribution in [0.1, 0.15) is 16.8 Å². The number of aromatic nitrogens is 4. The summed E-state index contributed by atoms with van der Waals surface area (Å²) in [5, 5.41) is 10.7. The number of hydrogen-bond acceptors (Lipinski definition) is 6. The van der Waals surface area contributed by atoms with E-state index in [1.54, 1.807) is 23.1 Å². The Hall–Kier alpha value is -2.38. The van der Waals surface area contributed by atoms with Crippen molar-refractivity contribution in [3.8, 4) is 10.7 Å². The molecule has 7 heteroatoms. The van der Waals surface area contributed by atoms with E-state index in [-0.39, 0.29) is 0 Å². The van der Waals surface area contributed by atoms with Crippen molar-refractivity contribution in [1.82, 2.24) is 19.7 Å². The van der Waals surface area contributed by atoms with Crippen molar-refractivity contribution in [1.29, 1.82) is 0 Å². The number of nitrogens with zero attached hydrogens (tertiary/aromatic N) is 4. The fourth-order valence-electron chi connectivity index (χ4n) is 3.15. The molecule has 0 aliphatic rings. The highest BCUT2D eigenvalue weighted by molar-refractivity contribution is 7.98. The zero-order valence-corrected chi connectivity index (χ0v) is 16.5. The van der Waals surface area contributed by atoms with Crippen molar-refractivity contribution in [2.45, 2.75) is 25.5 Å². The highest BCUT2D eigenvalue weighted by Gasteiger charge is 2.21. The Labute approximate surface area is 160 Å². The lowest BCUT2D eigenvalue weighted by molar-refractivity contribution is 0.716.